The van der Waals surface area contributed by atoms with E-state index >= 15 is 0 Å². The van der Waals surface area contributed by atoms with Crippen molar-refractivity contribution in [3.63, 3.8) is 0 Å². The summed E-state index contributed by atoms with van der Waals surface area (Å²) in [5, 5.41) is 3.26. The number of nitrogens with one attached hydrogen (secondary N) is 1. The fourth-order valence-electron chi connectivity index (χ4n) is 4.18. The maximum Gasteiger partial charge on any atom is 0.256 e. The van der Waals surface area contributed by atoms with Gasteiger partial charge in [0.25, 0.3) is 5.91 Å². The topological polar surface area (TPSA) is 58.6 Å². The molecule has 3 aromatic carbocycles. The van der Waals surface area contributed by atoms with Crippen molar-refractivity contribution in [1.29, 1.82) is 0 Å². The van der Waals surface area contributed by atoms with Crippen LogP contribution in [0.3, 0.4) is 0 Å². The third kappa shape index (κ3) is 2.95. The molecule has 0 unspecified atom stereocenters. The molecule has 5 rings (SSSR count). The highest BCUT2D eigenvalue weighted by Gasteiger charge is 2.39. The lowest BCUT2D eigenvalue weighted by Gasteiger charge is -2.17. The molecule has 1 atom stereocenters. The van der Waals surface area contributed by atoms with Gasteiger partial charge in [0.1, 0.15) is 11.8 Å². The van der Waals surface area contributed by atoms with Crippen molar-refractivity contribution >= 4 is 23.2 Å². The lowest BCUT2D eigenvalue weighted by molar-refractivity contribution is -0.121. The first-order chi connectivity index (χ1) is 14.1. The van der Waals surface area contributed by atoms with E-state index in [0.717, 1.165) is 12.1 Å². The van der Waals surface area contributed by atoms with Crippen LogP contribution in [-0.4, -0.2) is 25.0 Å². The zero-order chi connectivity index (χ0) is 20.0. The molecule has 0 saturated carbocycles. The van der Waals surface area contributed by atoms with Gasteiger partial charge in [-0.15, -0.1) is 0 Å². The van der Waals surface area contributed by atoms with Gasteiger partial charge < -0.3 is 10.1 Å². The van der Waals surface area contributed by atoms with Crippen LogP contribution >= 0.6 is 0 Å². The number of fused-ring (bicyclic) bond motifs is 3. The first kappa shape index (κ1) is 17.5. The Kier molecular flexibility index (Phi) is 4.09. The van der Waals surface area contributed by atoms with Crippen LogP contribution < -0.4 is 15.0 Å². The summed E-state index contributed by atoms with van der Waals surface area (Å²) in [7, 11) is 1.58. The second kappa shape index (κ2) is 6.78. The molecule has 1 N–H and O–H groups in total. The van der Waals surface area contributed by atoms with Crippen molar-refractivity contribution < 1.29 is 14.3 Å². The van der Waals surface area contributed by atoms with Crippen molar-refractivity contribution in [2.24, 2.45) is 0 Å². The lowest BCUT2D eigenvalue weighted by atomic mass is 10.1. The summed E-state index contributed by atoms with van der Waals surface area (Å²) >= 11 is 0. The summed E-state index contributed by atoms with van der Waals surface area (Å²) in [4.78, 5) is 26.7. The smallest absolute Gasteiger partial charge is 0.256 e. The highest BCUT2D eigenvalue weighted by atomic mass is 16.5. The zero-order valence-corrected chi connectivity index (χ0v) is 16.0. The second-order valence-corrected chi connectivity index (χ2v) is 7.37. The highest BCUT2D eigenvalue weighted by Crippen LogP contribution is 2.38. The van der Waals surface area contributed by atoms with Crippen LogP contribution in [0.25, 0.3) is 11.1 Å². The minimum atomic E-state index is -0.563. The number of ether oxygens (including phenoxy) is 1. The van der Waals surface area contributed by atoms with Gasteiger partial charge in [-0.1, -0.05) is 30.3 Å². The molecule has 0 radical (unpaired) electrons. The van der Waals surface area contributed by atoms with Gasteiger partial charge in [0.05, 0.1) is 19.2 Å². The fraction of sp³-hybridized carbons (Fsp3) is 0.167. The Labute approximate surface area is 168 Å². The van der Waals surface area contributed by atoms with Gasteiger partial charge in [0.2, 0.25) is 5.91 Å². The van der Waals surface area contributed by atoms with Gasteiger partial charge in [0.15, 0.2) is 0 Å². The van der Waals surface area contributed by atoms with Gasteiger partial charge in [-0.25, -0.2) is 4.90 Å². The Morgan fingerprint density at radius 3 is 2.48 bits per heavy atom. The molecular weight excluding hydrogens is 364 g/mol. The normalized spacial score (nSPS) is 17.3. The molecule has 1 aliphatic heterocycles. The summed E-state index contributed by atoms with van der Waals surface area (Å²) in [5.74, 6) is 0.247. The molecule has 5 heteroatoms. The quantitative estimate of drug-likeness (QED) is 0.540. The van der Waals surface area contributed by atoms with E-state index in [4.69, 9.17) is 4.74 Å². The Morgan fingerprint density at radius 1 is 0.931 bits per heavy atom. The maximum atomic E-state index is 12.9. The minimum Gasteiger partial charge on any atom is -0.497 e. The molecule has 1 aliphatic carbocycles. The summed E-state index contributed by atoms with van der Waals surface area (Å²) in [6, 6.07) is 20.9. The molecule has 144 valence electrons. The van der Waals surface area contributed by atoms with Crippen LogP contribution in [0, 0.1) is 0 Å². The average Bonchev–Trinajstić information content (AvgIpc) is 3.24. The number of rotatable bonds is 4. The van der Waals surface area contributed by atoms with E-state index in [1.807, 2.05) is 6.07 Å². The molecule has 2 amide bonds. The fourth-order valence-corrected chi connectivity index (χ4v) is 4.18. The monoisotopic (exact) mass is 384 g/mol. The largest absolute Gasteiger partial charge is 0.497 e. The van der Waals surface area contributed by atoms with Crippen LogP contribution in [0.1, 0.15) is 17.5 Å². The molecule has 0 spiro atoms. The van der Waals surface area contributed by atoms with E-state index in [0.29, 0.717) is 11.4 Å². The maximum absolute atomic E-state index is 12.9. The first-order valence-corrected chi connectivity index (χ1v) is 9.62. The Balaban J connectivity index is 1.36. The standard InChI is InChI=1S/C24H20N2O3/c1-29-19-9-7-18(8-10-19)26-23(27)14-22(24(26)28)25-17-6-11-21-16(13-17)12-15-4-2-3-5-20(15)21/h2-11,13,22,25H,12,14H2,1H3/t22-/m0/s1. The molecule has 0 aromatic heterocycles. The molecular formula is C24H20N2O3. The number of carbonyl (C=O) groups is 2. The van der Waals surface area contributed by atoms with Crippen molar-refractivity contribution in [2.75, 3.05) is 17.3 Å². The highest BCUT2D eigenvalue weighted by molar-refractivity contribution is 6.23. The number of nitrogens with zero attached hydrogens (tertiary/aromatic N) is 1. The molecule has 1 fully saturated rings. The molecule has 29 heavy (non-hydrogen) atoms. The van der Waals surface area contributed by atoms with Crippen molar-refractivity contribution in [3.8, 4) is 16.9 Å². The van der Waals surface area contributed by atoms with Crippen LogP contribution in [0.2, 0.25) is 0 Å². The van der Waals surface area contributed by atoms with Crippen LogP contribution in [0.4, 0.5) is 11.4 Å². The molecule has 5 nitrogen and oxygen atoms in total. The van der Waals surface area contributed by atoms with Crippen LogP contribution in [0.15, 0.2) is 66.7 Å². The first-order valence-electron chi connectivity index (χ1n) is 9.62. The van der Waals surface area contributed by atoms with Crippen molar-refractivity contribution in [1.82, 2.24) is 0 Å². The van der Waals surface area contributed by atoms with Gasteiger partial charge >= 0.3 is 0 Å². The third-order valence-electron chi connectivity index (χ3n) is 5.61. The molecule has 3 aromatic rings. The number of hydrogen-bond acceptors (Lipinski definition) is 4. The van der Waals surface area contributed by atoms with E-state index in [1.54, 1.807) is 31.4 Å². The number of carbonyl (C=O) groups excluding carboxylic acids is 2. The average molecular weight is 384 g/mol. The molecule has 1 heterocycles. The van der Waals surface area contributed by atoms with Crippen LogP contribution in [0.5, 0.6) is 5.75 Å². The van der Waals surface area contributed by atoms with Crippen molar-refractivity contribution in [2.45, 2.75) is 18.9 Å². The molecule has 2 aliphatic rings. The summed E-state index contributed by atoms with van der Waals surface area (Å²) in [5.41, 5.74) is 6.48. The predicted molar refractivity (Wildman–Crippen MR) is 112 cm³/mol. The molecule has 0 bridgehead atoms. The summed E-state index contributed by atoms with van der Waals surface area (Å²) < 4.78 is 5.14. The zero-order valence-electron chi connectivity index (χ0n) is 16.0. The van der Waals surface area contributed by atoms with Crippen LogP contribution in [-0.2, 0) is 16.0 Å². The number of amides is 2. The Bertz CT molecular complexity index is 1120. The van der Waals surface area contributed by atoms with Gasteiger partial charge in [-0.05, 0) is 65.1 Å². The number of anilines is 2. The number of hydrogen-bond donors (Lipinski definition) is 1. The minimum absolute atomic E-state index is 0.141. The Hall–Kier alpha value is -3.60. The summed E-state index contributed by atoms with van der Waals surface area (Å²) in [6.45, 7) is 0. The van der Waals surface area contributed by atoms with E-state index < -0.39 is 6.04 Å². The van der Waals surface area contributed by atoms with E-state index in [2.05, 4.69) is 41.7 Å². The number of imide groups is 1. The second-order valence-electron chi connectivity index (χ2n) is 7.37. The van der Waals surface area contributed by atoms with Gasteiger partial charge in [-0.3, -0.25) is 9.59 Å². The lowest BCUT2D eigenvalue weighted by Crippen LogP contribution is -2.34. The SMILES string of the molecule is COc1ccc(N2C(=O)C[C@H](Nc3ccc4c(c3)Cc3ccccc3-4)C2=O)cc1. The number of benzene rings is 3. The summed E-state index contributed by atoms with van der Waals surface area (Å²) in [6.07, 6.45) is 1.03. The molecule has 1 saturated heterocycles. The van der Waals surface area contributed by atoms with E-state index in [1.165, 1.54) is 27.2 Å². The third-order valence-corrected chi connectivity index (χ3v) is 5.61. The van der Waals surface area contributed by atoms with Crippen molar-refractivity contribution in [3.05, 3.63) is 77.9 Å². The van der Waals surface area contributed by atoms with Gasteiger partial charge in [0, 0.05) is 5.69 Å². The van der Waals surface area contributed by atoms with E-state index in [-0.39, 0.29) is 18.2 Å². The van der Waals surface area contributed by atoms with Gasteiger partial charge in [-0.2, -0.15) is 0 Å². The van der Waals surface area contributed by atoms with E-state index in [9.17, 15) is 9.59 Å². The predicted octanol–water partition coefficient (Wildman–Crippen LogP) is 4.01. The number of methoxy groups -OCH3 is 1. The Morgan fingerprint density at radius 2 is 1.69 bits per heavy atom.